The van der Waals surface area contributed by atoms with E-state index in [2.05, 4.69) is 20.8 Å². The second-order valence-corrected chi connectivity index (χ2v) is 16.7. The average Bonchev–Trinajstić information content (AvgIpc) is 3.62. The van der Waals surface area contributed by atoms with Crippen LogP contribution in [0.15, 0.2) is 16.7 Å². The number of hydrogen-bond donors (Lipinski definition) is 7. The second kappa shape index (κ2) is 20.4. The minimum Gasteiger partial charge on any atom is -0.459 e. The van der Waals surface area contributed by atoms with E-state index in [-0.39, 0.29) is 31.6 Å². The minimum atomic E-state index is -1.90. The first-order valence-corrected chi connectivity index (χ1v) is 19.9. The highest BCUT2D eigenvalue weighted by Crippen LogP contribution is 2.38. The molecule has 0 saturated carbocycles. The Morgan fingerprint density at radius 3 is 2.34 bits per heavy atom. The number of oxime groups is 1. The van der Waals surface area contributed by atoms with Gasteiger partial charge in [0.1, 0.15) is 29.4 Å². The SMILES string of the molecule is CC[C@H]1OC(=O)[C@H](C)[C@@H](O)[C@H](C)[C@@H](O[C@@H]2O[C@H](C)C[C@H](N(C)C)[C@H]2O)[C@](C)(O)C[C@@H](C)/C(=N\OCCNCCNCc2nccs2)[C@H](C)[C@@H](O)[C@]1(C)O. The van der Waals surface area contributed by atoms with Gasteiger partial charge in [-0.3, -0.25) is 4.79 Å². The van der Waals surface area contributed by atoms with Crippen LogP contribution < -0.4 is 10.6 Å². The molecule has 16 heteroatoms. The third-order valence-corrected chi connectivity index (χ3v) is 11.7. The highest BCUT2D eigenvalue weighted by Gasteiger charge is 2.51. The number of likely N-dealkylation sites (N-methyl/N-ethyl adjacent to an activating group) is 1. The number of aliphatic hydroxyl groups excluding tert-OH is 3. The maximum Gasteiger partial charge on any atom is 0.311 e. The van der Waals surface area contributed by atoms with E-state index >= 15 is 0 Å². The molecule has 0 radical (unpaired) electrons. The zero-order valence-electron chi connectivity index (χ0n) is 33.3. The smallest absolute Gasteiger partial charge is 0.311 e. The van der Waals surface area contributed by atoms with Crippen molar-refractivity contribution in [2.75, 3.05) is 40.3 Å². The summed E-state index contributed by atoms with van der Waals surface area (Å²) in [5.41, 5.74) is -3.23. The third-order valence-electron chi connectivity index (χ3n) is 10.9. The molecule has 0 aliphatic carbocycles. The molecule has 3 heterocycles. The molecule has 15 nitrogen and oxygen atoms in total. The fourth-order valence-electron chi connectivity index (χ4n) is 7.67. The molecule has 306 valence electrons. The van der Waals surface area contributed by atoms with E-state index in [1.54, 1.807) is 45.2 Å². The lowest BCUT2D eigenvalue weighted by atomic mass is 9.73. The van der Waals surface area contributed by atoms with Crippen molar-refractivity contribution in [3.05, 3.63) is 16.6 Å². The largest absolute Gasteiger partial charge is 0.459 e. The van der Waals surface area contributed by atoms with Crippen molar-refractivity contribution < 1.29 is 49.4 Å². The first-order chi connectivity index (χ1) is 24.8. The second-order valence-electron chi connectivity index (χ2n) is 15.7. The van der Waals surface area contributed by atoms with E-state index in [1.807, 2.05) is 38.2 Å². The zero-order valence-corrected chi connectivity index (χ0v) is 34.1. The van der Waals surface area contributed by atoms with Gasteiger partial charge in [-0.05, 0) is 61.1 Å². The summed E-state index contributed by atoms with van der Waals surface area (Å²) in [6, 6.07) is -0.286. The zero-order chi connectivity index (χ0) is 39.7. The number of aliphatic hydroxyl groups is 5. The first-order valence-electron chi connectivity index (χ1n) is 19.0. The summed E-state index contributed by atoms with van der Waals surface area (Å²) in [4.78, 5) is 25.4. The Labute approximate surface area is 319 Å². The molecule has 14 atom stereocenters. The number of aromatic nitrogens is 1. The van der Waals surface area contributed by atoms with Crippen LogP contribution in [-0.4, -0.2) is 148 Å². The number of carbonyl (C=O) groups excluding carboxylic acids is 1. The molecule has 0 aromatic carbocycles. The van der Waals surface area contributed by atoms with Gasteiger partial charge in [-0.15, -0.1) is 11.3 Å². The molecule has 0 unspecified atom stereocenters. The van der Waals surface area contributed by atoms with Gasteiger partial charge < -0.3 is 60.1 Å². The van der Waals surface area contributed by atoms with E-state index in [1.165, 1.54) is 13.8 Å². The molecule has 1 aromatic heterocycles. The summed E-state index contributed by atoms with van der Waals surface area (Å²) in [5, 5.41) is 72.7. The van der Waals surface area contributed by atoms with Gasteiger partial charge in [0.15, 0.2) is 6.29 Å². The van der Waals surface area contributed by atoms with E-state index in [4.69, 9.17) is 19.0 Å². The van der Waals surface area contributed by atoms with Crippen LogP contribution in [0.1, 0.15) is 79.7 Å². The summed E-state index contributed by atoms with van der Waals surface area (Å²) in [6.07, 6.45) is -5.00. The summed E-state index contributed by atoms with van der Waals surface area (Å²) in [6.45, 7) is 16.1. The van der Waals surface area contributed by atoms with Crippen molar-refractivity contribution in [2.24, 2.45) is 28.8 Å². The minimum absolute atomic E-state index is 0.0185. The molecule has 0 spiro atoms. The third kappa shape index (κ3) is 12.1. The molecular formula is C37H67N5O10S. The number of esters is 1. The lowest BCUT2D eigenvalue weighted by Crippen LogP contribution is -2.60. The van der Waals surface area contributed by atoms with Gasteiger partial charge in [0.2, 0.25) is 0 Å². The molecule has 7 N–H and O–H groups in total. The molecule has 53 heavy (non-hydrogen) atoms. The Bertz CT molecular complexity index is 1270. The van der Waals surface area contributed by atoms with E-state index in [0.29, 0.717) is 31.8 Å². The predicted molar refractivity (Wildman–Crippen MR) is 202 cm³/mol. The molecule has 1 aromatic rings. The topological polar surface area (TPSA) is 208 Å². The summed E-state index contributed by atoms with van der Waals surface area (Å²) < 4.78 is 18.3. The van der Waals surface area contributed by atoms with Gasteiger partial charge in [-0.1, -0.05) is 32.9 Å². The Morgan fingerprint density at radius 2 is 1.72 bits per heavy atom. The monoisotopic (exact) mass is 773 g/mol. The number of hydrogen-bond acceptors (Lipinski definition) is 16. The van der Waals surface area contributed by atoms with Crippen LogP contribution in [0.2, 0.25) is 0 Å². The highest BCUT2D eigenvalue weighted by molar-refractivity contribution is 7.09. The molecule has 0 bridgehead atoms. The van der Waals surface area contributed by atoms with Crippen LogP contribution in [0.25, 0.3) is 0 Å². The maximum atomic E-state index is 13.5. The van der Waals surface area contributed by atoms with Crippen molar-refractivity contribution in [2.45, 2.75) is 141 Å². The normalized spacial score (nSPS) is 40.2. The quantitative estimate of drug-likeness (QED) is 0.0862. The number of rotatable bonds is 13. The standard InChI is InChI=1S/C37H67N5O10S/c1-11-27-37(8,48)32(45)23(4)29(41-49-16-14-38-12-13-39-20-28-40-15-17-53-28)21(2)19-36(7,47)33(24(5)30(43)25(6)34(46)51-27)52-35-31(44)26(42(9)10)18-22(3)50-35/h15,17,21-27,30-33,35,38-39,43-45,47-48H,11-14,16,18-20H2,1-10H3/b41-29+/t21-,22-,23+,24+,25-,26+,27-,30+,31-,32-,33-,35+,36-,37-/m1/s1. The van der Waals surface area contributed by atoms with E-state index < -0.39 is 77.7 Å². The summed E-state index contributed by atoms with van der Waals surface area (Å²) in [7, 11) is 3.72. The van der Waals surface area contributed by atoms with Crippen LogP contribution in [0, 0.1) is 23.7 Å². The van der Waals surface area contributed by atoms with Crippen molar-refractivity contribution >= 4 is 23.0 Å². The van der Waals surface area contributed by atoms with Crippen molar-refractivity contribution in [1.29, 1.82) is 0 Å². The molecule has 0 amide bonds. The lowest BCUT2D eigenvalue weighted by molar-refractivity contribution is -0.298. The summed E-state index contributed by atoms with van der Waals surface area (Å²) in [5.74, 6) is -4.09. The number of thiazole rings is 1. The number of ether oxygens (including phenoxy) is 3. The number of cyclic esters (lactones) is 1. The Kier molecular flexibility index (Phi) is 17.5. The number of carbonyl (C=O) groups is 1. The van der Waals surface area contributed by atoms with Gasteiger partial charge in [-0.25, -0.2) is 4.98 Å². The number of nitrogens with zero attached hydrogens (tertiary/aromatic N) is 3. The van der Waals surface area contributed by atoms with Gasteiger partial charge in [0.25, 0.3) is 0 Å². The van der Waals surface area contributed by atoms with Crippen molar-refractivity contribution in [3.63, 3.8) is 0 Å². The van der Waals surface area contributed by atoms with Crippen LogP contribution in [0.4, 0.5) is 0 Å². The molecule has 2 aliphatic rings. The fraction of sp³-hybridized carbons (Fsp3) is 0.865. The first kappa shape index (κ1) is 45.6. The van der Waals surface area contributed by atoms with Gasteiger partial charge in [-0.2, -0.15) is 0 Å². The van der Waals surface area contributed by atoms with Gasteiger partial charge in [0.05, 0.1) is 41.6 Å². The van der Waals surface area contributed by atoms with Gasteiger partial charge in [0, 0.05) is 61.6 Å². The Morgan fingerprint density at radius 1 is 1.04 bits per heavy atom. The van der Waals surface area contributed by atoms with Crippen LogP contribution in [-0.2, 0) is 30.4 Å². The van der Waals surface area contributed by atoms with Crippen LogP contribution in [0.3, 0.4) is 0 Å². The average molecular weight is 774 g/mol. The molecule has 2 aliphatic heterocycles. The highest BCUT2D eigenvalue weighted by atomic mass is 32.1. The molecular weight excluding hydrogens is 706 g/mol. The fourth-order valence-corrected chi connectivity index (χ4v) is 8.26. The van der Waals surface area contributed by atoms with Crippen molar-refractivity contribution in [3.8, 4) is 0 Å². The van der Waals surface area contributed by atoms with Crippen LogP contribution in [0.5, 0.6) is 0 Å². The predicted octanol–water partition coefficient (Wildman–Crippen LogP) is 1.50. The molecule has 2 fully saturated rings. The van der Waals surface area contributed by atoms with E-state index in [0.717, 1.165) is 11.6 Å². The maximum absolute atomic E-state index is 13.5. The molecule has 3 rings (SSSR count). The molecule has 2 saturated heterocycles. The number of nitrogens with one attached hydrogen (secondary N) is 2. The van der Waals surface area contributed by atoms with Crippen molar-refractivity contribution in [1.82, 2.24) is 20.5 Å². The van der Waals surface area contributed by atoms with Gasteiger partial charge >= 0.3 is 5.97 Å². The van der Waals surface area contributed by atoms with Crippen LogP contribution >= 0.6 is 11.3 Å². The Hall–Kier alpha value is -1.83. The lowest BCUT2D eigenvalue weighted by Gasteiger charge is -2.47. The summed E-state index contributed by atoms with van der Waals surface area (Å²) >= 11 is 1.60. The van der Waals surface area contributed by atoms with E-state index in [9.17, 15) is 30.3 Å². The Balaban J connectivity index is 1.90.